The summed E-state index contributed by atoms with van der Waals surface area (Å²) in [4.78, 5) is 0. The van der Waals surface area contributed by atoms with Crippen molar-refractivity contribution in [3.8, 4) is 0 Å². The van der Waals surface area contributed by atoms with Crippen LogP contribution in [0.15, 0.2) is 0 Å². The van der Waals surface area contributed by atoms with Crippen molar-refractivity contribution in [2.45, 2.75) is 37.9 Å². The highest BCUT2D eigenvalue weighted by molar-refractivity contribution is 4.91. The van der Waals surface area contributed by atoms with Crippen LogP contribution in [-0.2, 0) is 0 Å². The van der Waals surface area contributed by atoms with Gasteiger partial charge in [-0.25, -0.2) is 0 Å². The Morgan fingerprint density at radius 3 is 2.29 bits per heavy atom. The highest BCUT2D eigenvalue weighted by Gasteiger charge is 2.36. The lowest BCUT2D eigenvalue weighted by molar-refractivity contribution is -0.128. The SMILES string of the molecule is CC(CN)(CC1CC1)NCC(F)(F)F. The molecule has 0 amide bonds. The van der Waals surface area contributed by atoms with Crippen molar-refractivity contribution in [3.63, 3.8) is 0 Å². The molecule has 0 radical (unpaired) electrons. The van der Waals surface area contributed by atoms with E-state index < -0.39 is 18.3 Å². The molecule has 2 nitrogen and oxygen atoms in total. The molecule has 0 heterocycles. The Labute approximate surface area is 82.0 Å². The monoisotopic (exact) mass is 210 g/mol. The second-order valence-electron chi connectivity index (χ2n) is 4.38. The molecule has 0 aromatic rings. The molecule has 14 heavy (non-hydrogen) atoms. The number of nitrogens with one attached hydrogen (secondary N) is 1. The number of alkyl halides is 3. The summed E-state index contributed by atoms with van der Waals surface area (Å²) in [7, 11) is 0. The smallest absolute Gasteiger partial charge is 0.329 e. The van der Waals surface area contributed by atoms with Crippen LogP contribution in [0.3, 0.4) is 0 Å². The average Bonchev–Trinajstić information content (AvgIpc) is 2.84. The predicted octanol–water partition coefficient (Wildman–Crippen LogP) is 1.66. The van der Waals surface area contributed by atoms with Gasteiger partial charge < -0.3 is 11.1 Å². The zero-order valence-electron chi connectivity index (χ0n) is 8.32. The van der Waals surface area contributed by atoms with E-state index in [0.717, 1.165) is 19.3 Å². The van der Waals surface area contributed by atoms with Crippen LogP contribution in [0.4, 0.5) is 13.2 Å². The van der Waals surface area contributed by atoms with Gasteiger partial charge in [0.15, 0.2) is 0 Å². The summed E-state index contributed by atoms with van der Waals surface area (Å²) >= 11 is 0. The lowest BCUT2D eigenvalue weighted by Crippen LogP contribution is -2.52. The van der Waals surface area contributed by atoms with Gasteiger partial charge in [0, 0.05) is 12.1 Å². The molecule has 1 aliphatic carbocycles. The van der Waals surface area contributed by atoms with E-state index in [4.69, 9.17) is 5.73 Å². The molecule has 0 aliphatic heterocycles. The first-order valence-electron chi connectivity index (χ1n) is 4.86. The molecule has 0 aromatic heterocycles. The molecule has 1 unspecified atom stereocenters. The van der Waals surface area contributed by atoms with Crippen LogP contribution >= 0.6 is 0 Å². The van der Waals surface area contributed by atoms with E-state index in [0.29, 0.717) is 5.92 Å². The molecule has 1 aliphatic rings. The van der Waals surface area contributed by atoms with Crippen LogP contribution in [0, 0.1) is 5.92 Å². The van der Waals surface area contributed by atoms with Gasteiger partial charge in [0.1, 0.15) is 0 Å². The average molecular weight is 210 g/mol. The van der Waals surface area contributed by atoms with Crippen LogP contribution in [-0.4, -0.2) is 24.8 Å². The Balaban J connectivity index is 2.35. The first kappa shape index (κ1) is 11.8. The topological polar surface area (TPSA) is 38.0 Å². The van der Waals surface area contributed by atoms with Crippen molar-refractivity contribution >= 4 is 0 Å². The molecule has 0 aromatic carbocycles. The molecule has 1 fully saturated rings. The van der Waals surface area contributed by atoms with Gasteiger partial charge in [-0.1, -0.05) is 12.8 Å². The summed E-state index contributed by atoms with van der Waals surface area (Å²) in [5, 5.41) is 2.51. The molecule has 1 saturated carbocycles. The third-order valence-electron chi connectivity index (χ3n) is 2.60. The Kier molecular flexibility index (Phi) is 3.42. The maximum absolute atomic E-state index is 12.0. The van der Waals surface area contributed by atoms with Gasteiger partial charge in [0.25, 0.3) is 0 Å². The minimum absolute atomic E-state index is 0.250. The van der Waals surface area contributed by atoms with E-state index in [-0.39, 0.29) is 6.54 Å². The fourth-order valence-electron chi connectivity index (χ4n) is 1.50. The number of nitrogens with two attached hydrogens (primary N) is 1. The Morgan fingerprint density at radius 1 is 1.36 bits per heavy atom. The number of halogens is 3. The maximum atomic E-state index is 12.0. The van der Waals surface area contributed by atoms with Gasteiger partial charge >= 0.3 is 6.18 Å². The van der Waals surface area contributed by atoms with Crippen LogP contribution < -0.4 is 11.1 Å². The van der Waals surface area contributed by atoms with Crippen molar-refractivity contribution in [3.05, 3.63) is 0 Å². The van der Waals surface area contributed by atoms with Crippen molar-refractivity contribution < 1.29 is 13.2 Å². The minimum atomic E-state index is -4.15. The fraction of sp³-hybridized carbons (Fsp3) is 1.00. The predicted molar refractivity (Wildman–Crippen MR) is 48.9 cm³/mol. The van der Waals surface area contributed by atoms with E-state index >= 15 is 0 Å². The van der Waals surface area contributed by atoms with Crippen molar-refractivity contribution in [2.75, 3.05) is 13.1 Å². The highest BCUT2D eigenvalue weighted by atomic mass is 19.4. The van der Waals surface area contributed by atoms with Gasteiger partial charge in [-0.2, -0.15) is 13.2 Å². The summed E-state index contributed by atoms with van der Waals surface area (Å²) in [6, 6.07) is 0. The first-order valence-corrected chi connectivity index (χ1v) is 4.86. The largest absolute Gasteiger partial charge is 0.401 e. The first-order chi connectivity index (χ1) is 6.35. The maximum Gasteiger partial charge on any atom is 0.401 e. The summed E-state index contributed by atoms with van der Waals surface area (Å²) in [6.45, 7) is 1.06. The third-order valence-corrected chi connectivity index (χ3v) is 2.60. The summed E-state index contributed by atoms with van der Waals surface area (Å²) < 4.78 is 35.9. The van der Waals surface area contributed by atoms with Crippen molar-refractivity contribution in [1.82, 2.24) is 5.32 Å². The highest BCUT2D eigenvalue weighted by Crippen LogP contribution is 2.36. The Morgan fingerprint density at radius 2 is 1.93 bits per heavy atom. The molecule has 3 N–H and O–H groups in total. The lowest BCUT2D eigenvalue weighted by atomic mass is 9.95. The Hall–Kier alpha value is -0.290. The molecule has 1 rings (SSSR count). The molecule has 84 valence electrons. The molecular formula is C9H17F3N2. The molecule has 1 atom stereocenters. The summed E-state index contributed by atoms with van der Waals surface area (Å²) in [6.07, 6.45) is -1.15. The molecule has 5 heteroatoms. The van der Waals surface area contributed by atoms with Gasteiger partial charge in [0.2, 0.25) is 0 Å². The van der Waals surface area contributed by atoms with E-state index in [2.05, 4.69) is 5.32 Å². The second-order valence-corrected chi connectivity index (χ2v) is 4.38. The van der Waals surface area contributed by atoms with E-state index in [1.54, 1.807) is 6.92 Å². The van der Waals surface area contributed by atoms with E-state index in [1.807, 2.05) is 0 Å². The standard InChI is InChI=1S/C9H17F3N2/c1-8(5-13,4-7-2-3-7)14-6-9(10,11)12/h7,14H,2-6,13H2,1H3. The third kappa shape index (κ3) is 4.28. The quantitative estimate of drug-likeness (QED) is 0.724. The molecular weight excluding hydrogens is 193 g/mol. The van der Waals surface area contributed by atoms with Crippen LogP contribution in [0.25, 0.3) is 0 Å². The van der Waals surface area contributed by atoms with Crippen LogP contribution in [0.5, 0.6) is 0 Å². The van der Waals surface area contributed by atoms with E-state index in [9.17, 15) is 13.2 Å². The van der Waals surface area contributed by atoms with E-state index in [1.165, 1.54) is 0 Å². The van der Waals surface area contributed by atoms with Crippen molar-refractivity contribution in [1.29, 1.82) is 0 Å². The molecule has 0 bridgehead atoms. The van der Waals surface area contributed by atoms with Crippen LogP contribution in [0.1, 0.15) is 26.2 Å². The normalized spacial score (nSPS) is 22.1. The summed E-state index contributed by atoms with van der Waals surface area (Å²) in [5.41, 5.74) is 4.92. The summed E-state index contributed by atoms with van der Waals surface area (Å²) in [5.74, 6) is 0.573. The van der Waals surface area contributed by atoms with Gasteiger partial charge in [-0.05, 0) is 19.3 Å². The van der Waals surface area contributed by atoms with Crippen LogP contribution in [0.2, 0.25) is 0 Å². The molecule has 0 saturated heterocycles. The Bertz CT molecular complexity index is 189. The fourth-order valence-corrected chi connectivity index (χ4v) is 1.50. The molecule has 0 spiro atoms. The van der Waals surface area contributed by atoms with Crippen molar-refractivity contribution in [2.24, 2.45) is 11.7 Å². The van der Waals surface area contributed by atoms with Gasteiger partial charge in [-0.3, -0.25) is 0 Å². The number of hydrogen-bond acceptors (Lipinski definition) is 2. The van der Waals surface area contributed by atoms with Gasteiger partial charge in [-0.15, -0.1) is 0 Å². The zero-order valence-corrected chi connectivity index (χ0v) is 8.32. The number of rotatable bonds is 5. The lowest BCUT2D eigenvalue weighted by Gasteiger charge is -2.30. The second kappa shape index (κ2) is 4.06. The minimum Gasteiger partial charge on any atom is -0.329 e. The zero-order chi connectivity index (χ0) is 10.8. The van der Waals surface area contributed by atoms with Gasteiger partial charge in [0.05, 0.1) is 6.54 Å². The number of hydrogen-bond donors (Lipinski definition) is 2.